The van der Waals surface area contributed by atoms with Crippen molar-refractivity contribution in [2.45, 2.75) is 33.8 Å². The van der Waals surface area contributed by atoms with Crippen molar-refractivity contribution in [2.24, 2.45) is 5.41 Å². The summed E-state index contributed by atoms with van der Waals surface area (Å²) in [5.74, 6) is -0.600. The molecule has 0 aliphatic rings. The largest absolute Gasteiger partial charge is 0.435 e. The molecule has 0 spiro atoms. The van der Waals surface area contributed by atoms with Gasteiger partial charge < -0.3 is 15.4 Å². The molecular weight excluding hydrogens is 366 g/mol. The second kappa shape index (κ2) is 9.30. The molecule has 0 atom stereocenters. The Morgan fingerprint density at radius 2 is 1.75 bits per heavy atom. The predicted octanol–water partition coefficient (Wildman–Crippen LogP) is 3.98. The van der Waals surface area contributed by atoms with Crippen LogP contribution < -0.4 is 15.4 Å². The second-order valence-electron chi connectivity index (χ2n) is 7.34. The zero-order valence-corrected chi connectivity index (χ0v) is 16.1. The average Bonchev–Trinajstić information content (AvgIpc) is 2.61. The Morgan fingerprint density at radius 3 is 2.36 bits per heavy atom. The van der Waals surface area contributed by atoms with Crippen LogP contribution in [0.1, 0.15) is 31.9 Å². The number of benzene rings is 2. The first kappa shape index (κ1) is 21.3. The lowest BCUT2D eigenvalue weighted by atomic mass is 9.96. The summed E-state index contributed by atoms with van der Waals surface area (Å²) in [6.07, 6.45) is 0.368. The van der Waals surface area contributed by atoms with Crippen molar-refractivity contribution < 1.29 is 23.1 Å². The lowest BCUT2D eigenvalue weighted by molar-refractivity contribution is -0.130. The SMILES string of the molecule is CC(C)(C)C(=O)NCC(=O)Nc1ccc(OC(F)F)c(Cc2ccccc2)c1. The molecular formula is C21H24F2N2O3. The molecule has 0 unspecified atom stereocenters. The van der Waals surface area contributed by atoms with Gasteiger partial charge in [0.05, 0.1) is 6.54 Å². The van der Waals surface area contributed by atoms with E-state index in [-0.39, 0.29) is 18.2 Å². The van der Waals surface area contributed by atoms with Crippen LogP contribution in [0.2, 0.25) is 0 Å². The third-order valence-corrected chi connectivity index (χ3v) is 3.89. The van der Waals surface area contributed by atoms with E-state index < -0.39 is 17.9 Å². The summed E-state index contributed by atoms with van der Waals surface area (Å²) in [6, 6.07) is 13.8. The molecule has 0 aliphatic heterocycles. The molecule has 0 heterocycles. The van der Waals surface area contributed by atoms with E-state index in [0.717, 1.165) is 5.56 Å². The number of ether oxygens (including phenoxy) is 1. The number of carbonyl (C=O) groups is 2. The van der Waals surface area contributed by atoms with Gasteiger partial charge in [-0.15, -0.1) is 0 Å². The van der Waals surface area contributed by atoms with Crippen molar-refractivity contribution in [3.05, 3.63) is 59.7 Å². The fourth-order valence-corrected chi connectivity index (χ4v) is 2.45. The third-order valence-electron chi connectivity index (χ3n) is 3.89. The minimum atomic E-state index is -2.94. The maximum Gasteiger partial charge on any atom is 0.387 e. The number of carbonyl (C=O) groups excluding carboxylic acids is 2. The van der Waals surface area contributed by atoms with E-state index in [4.69, 9.17) is 0 Å². The van der Waals surface area contributed by atoms with Gasteiger partial charge >= 0.3 is 6.61 Å². The quantitative estimate of drug-likeness (QED) is 0.752. The minimum Gasteiger partial charge on any atom is -0.435 e. The Bertz CT molecular complexity index is 818. The Labute approximate surface area is 163 Å². The highest BCUT2D eigenvalue weighted by atomic mass is 19.3. The minimum absolute atomic E-state index is 0.0536. The standard InChI is InChI=1S/C21H24F2N2O3/c1-21(2,3)19(27)24-13-18(26)25-16-9-10-17(28-20(22)23)15(12-16)11-14-7-5-4-6-8-14/h4-10,12,20H,11,13H2,1-3H3,(H,24,27)(H,25,26). The van der Waals surface area contributed by atoms with Crippen LogP contribution in [-0.4, -0.2) is 25.0 Å². The molecule has 2 rings (SSSR count). The average molecular weight is 390 g/mol. The lowest BCUT2D eigenvalue weighted by Gasteiger charge is -2.17. The molecule has 2 aromatic rings. The molecule has 0 bridgehead atoms. The molecule has 0 radical (unpaired) electrons. The fourth-order valence-electron chi connectivity index (χ4n) is 2.45. The topological polar surface area (TPSA) is 67.4 Å². The predicted molar refractivity (Wildman–Crippen MR) is 103 cm³/mol. The fraction of sp³-hybridized carbons (Fsp3) is 0.333. The van der Waals surface area contributed by atoms with Crippen LogP contribution in [0.5, 0.6) is 5.75 Å². The highest BCUT2D eigenvalue weighted by Gasteiger charge is 2.21. The number of rotatable bonds is 7. The van der Waals surface area contributed by atoms with Crippen molar-refractivity contribution >= 4 is 17.5 Å². The van der Waals surface area contributed by atoms with Crippen LogP contribution in [-0.2, 0) is 16.0 Å². The van der Waals surface area contributed by atoms with E-state index in [9.17, 15) is 18.4 Å². The highest BCUT2D eigenvalue weighted by Crippen LogP contribution is 2.27. The summed E-state index contributed by atoms with van der Waals surface area (Å²) in [4.78, 5) is 23.9. The van der Waals surface area contributed by atoms with Gasteiger partial charge in [-0.2, -0.15) is 8.78 Å². The maximum absolute atomic E-state index is 12.7. The first-order chi connectivity index (χ1) is 13.1. The van der Waals surface area contributed by atoms with Crippen LogP contribution >= 0.6 is 0 Å². The Balaban J connectivity index is 2.11. The first-order valence-electron chi connectivity index (χ1n) is 8.85. The van der Waals surface area contributed by atoms with Gasteiger partial charge in [-0.05, 0) is 23.8 Å². The van der Waals surface area contributed by atoms with E-state index in [1.807, 2.05) is 30.3 Å². The summed E-state index contributed by atoms with van der Waals surface area (Å²) in [5, 5.41) is 5.22. The monoisotopic (exact) mass is 390 g/mol. The molecule has 28 heavy (non-hydrogen) atoms. The van der Waals surface area contributed by atoms with Crippen molar-refractivity contribution in [1.82, 2.24) is 5.32 Å². The second-order valence-corrected chi connectivity index (χ2v) is 7.34. The van der Waals surface area contributed by atoms with E-state index in [0.29, 0.717) is 17.7 Å². The van der Waals surface area contributed by atoms with Gasteiger partial charge in [0, 0.05) is 23.1 Å². The van der Waals surface area contributed by atoms with Crippen molar-refractivity contribution in [1.29, 1.82) is 0 Å². The van der Waals surface area contributed by atoms with Gasteiger partial charge in [-0.3, -0.25) is 9.59 Å². The van der Waals surface area contributed by atoms with Gasteiger partial charge in [-0.25, -0.2) is 0 Å². The summed E-state index contributed by atoms with van der Waals surface area (Å²) in [6.45, 7) is 2.12. The summed E-state index contributed by atoms with van der Waals surface area (Å²) in [5.41, 5.74) is 1.27. The van der Waals surface area contributed by atoms with Gasteiger partial charge in [0.2, 0.25) is 11.8 Å². The third kappa shape index (κ3) is 6.64. The van der Waals surface area contributed by atoms with E-state index in [2.05, 4.69) is 15.4 Å². The van der Waals surface area contributed by atoms with Crippen molar-refractivity contribution in [3.8, 4) is 5.75 Å². The van der Waals surface area contributed by atoms with Crippen LogP contribution in [0.25, 0.3) is 0 Å². The molecule has 0 saturated carbocycles. The van der Waals surface area contributed by atoms with Gasteiger partial charge in [0.25, 0.3) is 0 Å². The van der Waals surface area contributed by atoms with E-state index in [1.165, 1.54) is 12.1 Å². The molecule has 2 aromatic carbocycles. The molecule has 150 valence electrons. The number of halogens is 2. The number of hydrogen-bond acceptors (Lipinski definition) is 3. The van der Waals surface area contributed by atoms with Gasteiger partial charge in [-0.1, -0.05) is 51.1 Å². The Hall–Kier alpha value is -2.96. The first-order valence-corrected chi connectivity index (χ1v) is 8.85. The molecule has 0 saturated heterocycles. The van der Waals surface area contributed by atoms with Crippen molar-refractivity contribution in [3.63, 3.8) is 0 Å². The number of anilines is 1. The molecule has 2 N–H and O–H groups in total. The Morgan fingerprint density at radius 1 is 1.07 bits per heavy atom. The lowest BCUT2D eigenvalue weighted by Crippen LogP contribution is -2.39. The molecule has 0 fully saturated rings. The molecule has 2 amide bonds. The molecule has 7 heteroatoms. The van der Waals surface area contributed by atoms with Crippen LogP contribution in [0.15, 0.2) is 48.5 Å². The van der Waals surface area contributed by atoms with Crippen molar-refractivity contribution in [2.75, 3.05) is 11.9 Å². The van der Waals surface area contributed by atoms with Gasteiger partial charge in [0.15, 0.2) is 0 Å². The summed E-state index contributed by atoms with van der Waals surface area (Å²) in [7, 11) is 0. The number of alkyl halides is 2. The van der Waals surface area contributed by atoms with Crippen LogP contribution in [0.3, 0.4) is 0 Å². The van der Waals surface area contributed by atoms with E-state index in [1.54, 1.807) is 26.8 Å². The van der Waals surface area contributed by atoms with E-state index >= 15 is 0 Å². The Kier molecular flexibility index (Phi) is 7.09. The maximum atomic E-state index is 12.7. The normalized spacial score (nSPS) is 11.2. The molecule has 5 nitrogen and oxygen atoms in total. The molecule has 0 aromatic heterocycles. The summed E-state index contributed by atoms with van der Waals surface area (Å²) < 4.78 is 30.0. The van der Waals surface area contributed by atoms with Crippen LogP contribution in [0, 0.1) is 5.41 Å². The smallest absolute Gasteiger partial charge is 0.387 e. The number of hydrogen-bond donors (Lipinski definition) is 2. The van der Waals surface area contributed by atoms with Crippen LogP contribution in [0.4, 0.5) is 14.5 Å². The zero-order chi connectivity index (χ0) is 20.7. The highest BCUT2D eigenvalue weighted by molar-refractivity contribution is 5.95. The number of nitrogens with one attached hydrogen (secondary N) is 2. The number of amides is 2. The zero-order valence-electron chi connectivity index (χ0n) is 16.1. The summed E-state index contributed by atoms with van der Waals surface area (Å²) >= 11 is 0. The molecule has 0 aliphatic carbocycles. The van der Waals surface area contributed by atoms with Gasteiger partial charge in [0.1, 0.15) is 5.75 Å².